The molecule has 3 N–H and O–H groups in total. The summed E-state index contributed by atoms with van der Waals surface area (Å²) >= 11 is 0. The molecule has 2 bridgehead atoms. The van der Waals surface area contributed by atoms with Crippen LogP contribution in [-0.4, -0.2) is 39.4 Å². The molecule has 1 unspecified atom stereocenters. The second kappa shape index (κ2) is 7.79. The minimum Gasteiger partial charge on any atom is -0.393 e. The normalized spacial score (nSPS) is 42.1. The van der Waals surface area contributed by atoms with Gasteiger partial charge in [0.15, 0.2) is 5.78 Å². The maximum atomic E-state index is 13.0. The zero-order valence-electron chi connectivity index (χ0n) is 18.0. The van der Waals surface area contributed by atoms with Crippen molar-refractivity contribution in [3.63, 3.8) is 0 Å². The Bertz CT molecular complexity index is 761. The number of hydrogen-bond acceptors (Lipinski definition) is 4. The Kier molecular flexibility index (Phi) is 5.65. The summed E-state index contributed by atoms with van der Waals surface area (Å²) in [6.07, 6.45) is 10.4. The van der Waals surface area contributed by atoms with Gasteiger partial charge in [-0.15, -0.1) is 0 Å². The van der Waals surface area contributed by atoms with Gasteiger partial charge in [0.05, 0.1) is 18.3 Å². The van der Waals surface area contributed by atoms with Gasteiger partial charge in [-0.05, 0) is 82.1 Å². The van der Waals surface area contributed by atoms with Crippen LogP contribution >= 0.6 is 0 Å². The van der Waals surface area contributed by atoms with E-state index in [1.807, 2.05) is 12.2 Å². The highest BCUT2D eigenvalue weighted by molar-refractivity contribution is 5.93. The van der Waals surface area contributed by atoms with Crippen LogP contribution in [0.1, 0.15) is 65.7 Å². The van der Waals surface area contributed by atoms with Gasteiger partial charge in [0.2, 0.25) is 0 Å². The van der Waals surface area contributed by atoms with Crippen LogP contribution in [0.2, 0.25) is 0 Å². The summed E-state index contributed by atoms with van der Waals surface area (Å²) in [5.41, 5.74) is 3.97. The molecule has 0 heterocycles. The number of allylic oxidation sites excluding steroid dienone is 4. The topological polar surface area (TPSA) is 77.8 Å². The third kappa shape index (κ3) is 3.68. The average molecular weight is 401 g/mol. The third-order valence-corrected chi connectivity index (χ3v) is 8.44. The second-order valence-corrected chi connectivity index (χ2v) is 10.3. The van der Waals surface area contributed by atoms with Crippen molar-refractivity contribution in [2.45, 2.75) is 84.0 Å². The zero-order valence-corrected chi connectivity index (χ0v) is 18.0. The van der Waals surface area contributed by atoms with Crippen molar-refractivity contribution >= 4 is 5.78 Å². The van der Waals surface area contributed by atoms with E-state index in [0.717, 1.165) is 32.1 Å². The molecule has 4 nitrogen and oxygen atoms in total. The summed E-state index contributed by atoms with van der Waals surface area (Å²) in [4.78, 5) is 13.0. The summed E-state index contributed by atoms with van der Waals surface area (Å²) in [6, 6.07) is 0. The Hall–Kier alpha value is -1.23. The fraction of sp³-hybridized carbons (Fsp3) is 0.720. The predicted molar refractivity (Wildman–Crippen MR) is 113 cm³/mol. The highest BCUT2D eigenvalue weighted by Crippen LogP contribution is 2.62. The van der Waals surface area contributed by atoms with E-state index < -0.39 is 18.3 Å². The molecule has 8 atom stereocenters. The molecule has 0 saturated heterocycles. The Morgan fingerprint density at radius 3 is 2.76 bits per heavy atom. The lowest BCUT2D eigenvalue weighted by atomic mass is 9.58. The smallest absolute Gasteiger partial charge is 0.159 e. The van der Waals surface area contributed by atoms with E-state index in [-0.39, 0.29) is 17.1 Å². The van der Waals surface area contributed by atoms with E-state index in [0.29, 0.717) is 30.6 Å². The van der Waals surface area contributed by atoms with Gasteiger partial charge >= 0.3 is 0 Å². The van der Waals surface area contributed by atoms with Gasteiger partial charge in [-0.25, -0.2) is 0 Å². The van der Waals surface area contributed by atoms with Crippen LogP contribution < -0.4 is 0 Å². The summed E-state index contributed by atoms with van der Waals surface area (Å²) in [5, 5.41) is 30.0. The van der Waals surface area contributed by atoms with Gasteiger partial charge in [0, 0.05) is 11.8 Å². The summed E-state index contributed by atoms with van der Waals surface area (Å²) in [7, 11) is 0. The molecule has 0 aliphatic heterocycles. The van der Waals surface area contributed by atoms with Gasteiger partial charge in [-0.3, -0.25) is 4.79 Å². The maximum Gasteiger partial charge on any atom is 0.159 e. The first-order valence-corrected chi connectivity index (χ1v) is 11.4. The predicted octanol–water partition coefficient (Wildman–Crippen LogP) is 3.71. The van der Waals surface area contributed by atoms with Crippen LogP contribution in [0.5, 0.6) is 0 Å². The highest BCUT2D eigenvalue weighted by atomic mass is 16.3. The van der Waals surface area contributed by atoms with Crippen LogP contribution in [-0.2, 0) is 4.79 Å². The van der Waals surface area contributed by atoms with E-state index >= 15 is 0 Å². The molecule has 2 saturated carbocycles. The lowest BCUT2D eigenvalue weighted by molar-refractivity contribution is -0.119. The van der Waals surface area contributed by atoms with Gasteiger partial charge in [-0.1, -0.05) is 35.8 Å². The van der Waals surface area contributed by atoms with Gasteiger partial charge in [0.25, 0.3) is 0 Å². The van der Waals surface area contributed by atoms with E-state index in [4.69, 9.17) is 0 Å². The van der Waals surface area contributed by atoms with E-state index in [1.165, 1.54) is 16.7 Å². The van der Waals surface area contributed by atoms with Crippen molar-refractivity contribution in [2.24, 2.45) is 29.1 Å². The summed E-state index contributed by atoms with van der Waals surface area (Å²) in [6.45, 7) is 6.07. The van der Waals surface area contributed by atoms with Crippen molar-refractivity contribution in [3.8, 4) is 0 Å². The van der Waals surface area contributed by atoms with Crippen LogP contribution in [0.3, 0.4) is 0 Å². The zero-order chi connectivity index (χ0) is 20.9. The quantitative estimate of drug-likeness (QED) is 0.631. The Labute approximate surface area is 174 Å². The molecule has 4 rings (SSSR count). The molecule has 0 spiro atoms. The Balaban J connectivity index is 1.66. The van der Waals surface area contributed by atoms with Gasteiger partial charge in [0.1, 0.15) is 0 Å². The third-order valence-electron chi connectivity index (χ3n) is 8.44. The van der Waals surface area contributed by atoms with Crippen molar-refractivity contribution in [1.82, 2.24) is 0 Å². The van der Waals surface area contributed by atoms with Crippen molar-refractivity contribution in [1.29, 1.82) is 0 Å². The van der Waals surface area contributed by atoms with Crippen LogP contribution in [0.4, 0.5) is 0 Å². The number of aliphatic hydroxyl groups excluding tert-OH is 3. The maximum absolute atomic E-state index is 13.0. The van der Waals surface area contributed by atoms with Crippen LogP contribution in [0.25, 0.3) is 0 Å². The minimum absolute atomic E-state index is 0.0665. The molecular formula is C25H36O4. The van der Waals surface area contributed by atoms with Crippen LogP contribution in [0, 0.1) is 29.1 Å². The molecule has 0 radical (unpaired) electrons. The molecule has 0 amide bonds. The number of fused-ring (bicyclic) bond motifs is 6. The van der Waals surface area contributed by atoms with E-state index in [9.17, 15) is 20.1 Å². The van der Waals surface area contributed by atoms with Crippen LogP contribution in [0.15, 0.2) is 34.9 Å². The standard InChI is InChI=1S/C25H36O4/c1-14(10-23(28)15(2)26)21-6-7-22-20-13-24(29)17-11-16(4-5-18(27)12-17)19(20)8-9-25(21,22)3/h4,10,13,15,17-19,21-23,26-28H,5-9,11-12H2,1-3H3/b14-10+/t15-,17+,18+,19-,21?,22+,23+,25-/m1/s1. The fourth-order valence-corrected chi connectivity index (χ4v) is 6.82. The summed E-state index contributed by atoms with van der Waals surface area (Å²) in [5.74, 6) is 1.27. The second-order valence-electron chi connectivity index (χ2n) is 10.3. The van der Waals surface area contributed by atoms with E-state index in [2.05, 4.69) is 19.9 Å². The van der Waals surface area contributed by atoms with Gasteiger partial charge in [-0.2, -0.15) is 0 Å². The Morgan fingerprint density at radius 1 is 1.28 bits per heavy atom. The Morgan fingerprint density at radius 2 is 2.03 bits per heavy atom. The molecule has 2 fully saturated rings. The van der Waals surface area contributed by atoms with E-state index in [1.54, 1.807) is 6.92 Å². The number of hydrogen-bond donors (Lipinski definition) is 3. The lowest BCUT2D eigenvalue weighted by Gasteiger charge is -2.46. The number of carbonyl (C=O) groups excluding carboxylic acids is 1. The first-order chi connectivity index (χ1) is 13.7. The minimum atomic E-state index is -0.827. The number of rotatable bonds is 3. The molecule has 160 valence electrons. The molecule has 4 heteroatoms. The van der Waals surface area contributed by atoms with Gasteiger partial charge < -0.3 is 15.3 Å². The number of carbonyl (C=O) groups is 1. The molecule has 0 aromatic rings. The molecule has 4 aliphatic carbocycles. The van der Waals surface area contributed by atoms with Crippen molar-refractivity contribution in [2.75, 3.05) is 0 Å². The monoisotopic (exact) mass is 400 g/mol. The first-order valence-electron chi connectivity index (χ1n) is 11.4. The molecular weight excluding hydrogens is 364 g/mol. The summed E-state index contributed by atoms with van der Waals surface area (Å²) < 4.78 is 0. The molecule has 0 aromatic heterocycles. The number of aliphatic hydroxyl groups is 3. The largest absolute Gasteiger partial charge is 0.393 e. The SMILES string of the molecule is C/C(=C\[C@H](O)[C@@H](C)O)C1CC[C@H]2C3=CC(=O)[C@H]4CC(=CC[C@H](O)C4)[C@H]3CC[C@]12C. The first kappa shape index (κ1) is 21.0. The fourth-order valence-electron chi connectivity index (χ4n) is 6.82. The average Bonchev–Trinajstić information content (AvgIpc) is 2.80. The molecule has 0 aromatic carbocycles. The lowest BCUT2D eigenvalue weighted by Crippen LogP contribution is -2.37. The highest BCUT2D eigenvalue weighted by Gasteiger charge is 2.53. The molecule has 4 aliphatic rings. The number of ketones is 1. The van der Waals surface area contributed by atoms with Crippen molar-refractivity contribution < 1.29 is 20.1 Å². The molecule has 29 heavy (non-hydrogen) atoms. The van der Waals surface area contributed by atoms with Crippen molar-refractivity contribution in [3.05, 3.63) is 34.9 Å².